The molecule has 0 atom stereocenters. The quantitative estimate of drug-likeness (QED) is 0.731. The first-order chi connectivity index (χ1) is 10.4. The van der Waals surface area contributed by atoms with E-state index in [9.17, 15) is 4.79 Å². The fraction of sp³-hybridized carbons (Fsp3) is 0.316. The van der Waals surface area contributed by atoms with Gasteiger partial charge < -0.3 is 4.74 Å². The largest absolute Gasteiger partial charge is 0.489 e. The molecular weight excluding hydrogens is 292 g/mol. The lowest BCUT2D eigenvalue weighted by atomic mass is 10.1. The summed E-state index contributed by atoms with van der Waals surface area (Å²) in [6.45, 7) is 10.4. The van der Waals surface area contributed by atoms with E-state index in [0.717, 1.165) is 27.3 Å². The maximum Gasteiger partial charge on any atom is 0.190 e. The highest BCUT2D eigenvalue weighted by atomic mass is 32.2. The lowest BCUT2D eigenvalue weighted by molar-refractivity contribution is -0.109. The Morgan fingerprint density at radius 3 is 2.36 bits per heavy atom. The molecule has 0 aliphatic rings. The van der Waals surface area contributed by atoms with E-state index in [-0.39, 0.29) is 5.12 Å². The molecule has 0 bridgehead atoms. The summed E-state index contributed by atoms with van der Waals surface area (Å²) in [5.41, 5.74) is 5.86. The zero-order valence-electron chi connectivity index (χ0n) is 13.8. The third-order valence-corrected chi connectivity index (χ3v) is 4.67. The van der Waals surface area contributed by atoms with Crippen LogP contribution in [0.4, 0.5) is 0 Å². The molecule has 2 nitrogen and oxygen atoms in total. The van der Waals surface area contributed by atoms with Crippen LogP contribution in [0.3, 0.4) is 0 Å². The number of ether oxygens (including phenoxy) is 1. The zero-order chi connectivity index (χ0) is 16.3. The Hall–Kier alpha value is -1.74. The molecule has 22 heavy (non-hydrogen) atoms. The summed E-state index contributed by atoms with van der Waals surface area (Å²) in [5, 5.41) is 0.0919. The topological polar surface area (TPSA) is 26.3 Å². The van der Waals surface area contributed by atoms with Crippen LogP contribution in [0, 0.1) is 27.7 Å². The van der Waals surface area contributed by atoms with E-state index in [1.165, 1.54) is 22.9 Å². The average molecular weight is 314 g/mol. The SMILES string of the molecule is CC(=O)Sc1cccc(C)c1COc1cc(C)c(C)cc1C. The van der Waals surface area contributed by atoms with Gasteiger partial charge in [0, 0.05) is 17.4 Å². The first kappa shape index (κ1) is 16.6. The van der Waals surface area contributed by atoms with E-state index in [2.05, 4.69) is 45.9 Å². The highest BCUT2D eigenvalue weighted by molar-refractivity contribution is 8.13. The minimum atomic E-state index is 0.0919. The lowest BCUT2D eigenvalue weighted by Crippen LogP contribution is -2.02. The normalized spacial score (nSPS) is 10.6. The Morgan fingerprint density at radius 1 is 1.00 bits per heavy atom. The van der Waals surface area contributed by atoms with Crippen LogP contribution in [0.5, 0.6) is 5.75 Å². The Morgan fingerprint density at radius 2 is 1.68 bits per heavy atom. The van der Waals surface area contributed by atoms with Crippen molar-refractivity contribution in [2.24, 2.45) is 0 Å². The van der Waals surface area contributed by atoms with Crippen molar-refractivity contribution in [3.05, 3.63) is 58.1 Å². The fourth-order valence-electron chi connectivity index (χ4n) is 2.35. The average Bonchev–Trinajstić information content (AvgIpc) is 2.43. The van der Waals surface area contributed by atoms with Gasteiger partial charge in [0.15, 0.2) is 5.12 Å². The minimum absolute atomic E-state index is 0.0919. The van der Waals surface area contributed by atoms with Crippen molar-refractivity contribution in [2.45, 2.75) is 46.1 Å². The van der Waals surface area contributed by atoms with Crippen molar-refractivity contribution in [2.75, 3.05) is 0 Å². The second kappa shape index (κ2) is 7.01. The number of carbonyl (C=O) groups excluding carboxylic acids is 1. The first-order valence-electron chi connectivity index (χ1n) is 7.36. The maximum absolute atomic E-state index is 11.4. The lowest BCUT2D eigenvalue weighted by Gasteiger charge is -2.15. The highest BCUT2D eigenvalue weighted by Crippen LogP contribution is 2.29. The fourth-order valence-corrected chi connectivity index (χ4v) is 3.15. The number of thioether (sulfide) groups is 1. The second-order valence-electron chi connectivity index (χ2n) is 5.64. The van der Waals surface area contributed by atoms with Crippen molar-refractivity contribution in [3.63, 3.8) is 0 Å². The van der Waals surface area contributed by atoms with Crippen LogP contribution in [0.1, 0.15) is 34.7 Å². The van der Waals surface area contributed by atoms with Gasteiger partial charge in [0.25, 0.3) is 0 Å². The zero-order valence-corrected chi connectivity index (χ0v) is 14.6. The van der Waals surface area contributed by atoms with E-state index in [0.29, 0.717) is 6.61 Å². The van der Waals surface area contributed by atoms with Crippen molar-refractivity contribution < 1.29 is 9.53 Å². The van der Waals surface area contributed by atoms with Gasteiger partial charge in [-0.15, -0.1) is 0 Å². The van der Waals surface area contributed by atoms with E-state index < -0.39 is 0 Å². The maximum atomic E-state index is 11.4. The molecule has 0 fully saturated rings. The van der Waals surface area contributed by atoms with Crippen LogP contribution in [-0.4, -0.2) is 5.12 Å². The molecule has 0 spiro atoms. The second-order valence-corrected chi connectivity index (χ2v) is 6.85. The smallest absolute Gasteiger partial charge is 0.190 e. The summed E-state index contributed by atoms with van der Waals surface area (Å²) in [4.78, 5) is 12.4. The van der Waals surface area contributed by atoms with Crippen LogP contribution >= 0.6 is 11.8 Å². The van der Waals surface area contributed by atoms with Gasteiger partial charge in [-0.05, 0) is 62.1 Å². The van der Waals surface area contributed by atoms with Gasteiger partial charge in [0.05, 0.1) is 0 Å². The van der Waals surface area contributed by atoms with Gasteiger partial charge in [-0.3, -0.25) is 4.79 Å². The summed E-state index contributed by atoms with van der Waals surface area (Å²) in [6.07, 6.45) is 0. The molecule has 0 saturated heterocycles. The predicted molar refractivity (Wildman–Crippen MR) is 92.7 cm³/mol. The number of benzene rings is 2. The van der Waals surface area contributed by atoms with Gasteiger partial charge in [-0.25, -0.2) is 0 Å². The predicted octanol–water partition coefficient (Wildman–Crippen LogP) is 5.14. The Kier molecular flexibility index (Phi) is 5.30. The van der Waals surface area contributed by atoms with Gasteiger partial charge >= 0.3 is 0 Å². The molecule has 3 heteroatoms. The minimum Gasteiger partial charge on any atom is -0.489 e. The van der Waals surface area contributed by atoms with Gasteiger partial charge in [-0.1, -0.05) is 30.0 Å². The van der Waals surface area contributed by atoms with E-state index in [4.69, 9.17) is 4.74 Å². The van der Waals surface area contributed by atoms with Crippen LogP contribution in [0.2, 0.25) is 0 Å². The van der Waals surface area contributed by atoms with E-state index in [1.54, 1.807) is 6.92 Å². The van der Waals surface area contributed by atoms with Crippen molar-refractivity contribution in [1.29, 1.82) is 0 Å². The number of hydrogen-bond acceptors (Lipinski definition) is 3. The number of rotatable bonds is 4. The van der Waals surface area contributed by atoms with E-state index in [1.807, 2.05) is 12.1 Å². The third kappa shape index (κ3) is 3.92. The molecule has 2 rings (SSSR count). The molecule has 0 aliphatic heterocycles. The molecule has 0 unspecified atom stereocenters. The Bertz CT molecular complexity index is 705. The number of aryl methyl sites for hydroxylation is 4. The van der Waals surface area contributed by atoms with Crippen molar-refractivity contribution in [1.82, 2.24) is 0 Å². The Balaban J connectivity index is 2.25. The third-order valence-electron chi connectivity index (χ3n) is 3.78. The molecule has 0 aromatic heterocycles. The van der Waals surface area contributed by atoms with Crippen molar-refractivity contribution in [3.8, 4) is 5.75 Å². The molecule has 0 saturated carbocycles. The van der Waals surface area contributed by atoms with Gasteiger partial charge in [0.1, 0.15) is 12.4 Å². The van der Waals surface area contributed by atoms with Crippen LogP contribution in [-0.2, 0) is 11.4 Å². The summed E-state index contributed by atoms with van der Waals surface area (Å²) >= 11 is 1.27. The van der Waals surface area contributed by atoms with Gasteiger partial charge in [-0.2, -0.15) is 0 Å². The molecule has 0 radical (unpaired) electrons. The van der Waals surface area contributed by atoms with E-state index >= 15 is 0 Å². The summed E-state index contributed by atoms with van der Waals surface area (Å²) in [6, 6.07) is 10.2. The Labute approximate surface area is 136 Å². The number of hydrogen-bond donors (Lipinski definition) is 0. The molecule has 0 N–H and O–H groups in total. The molecular formula is C19H22O2S. The van der Waals surface area contributed by atoms with Gasteiger partial charge in [0.2, 0.25) is 0 Å². The monoisotopic (exact) mass is 314 g/mol. The summed E-state index contributed by atoms with van der Waals surface area (Å²) < 4.78 is 6.04. The summed E-state index contributed by atoms with van der Waals surface area (Å²) in [5.74, 6) is 0.908. The molecule has 2 aromatic carbocycles. The summed E-state index contributed by atoms with van der Waals surface area (Å²) in [7, 11) is 0. The molecule has 2 aromatic rings. The standard InChI is InChI=1S/C19H22O2S/c1-12-7-6-8-19(22-16(5)20)17(12)11-21-18-10-14(3)13(2)9-15(18)4/h6-10H,11H2,1-5H3. The molecule has 116 valence electrons. The highest BCUT2D eigenvalue weighted by Gasteiger charge is 2.10. The number of carbonyl (C=O) groups is 1. The first-order valence-corrected chi connectivity index (χ1v) is 8.17. The van der Waals surface area contributed by atoms with Crippen molar-refractivity contribution >= 4 is 16.9 Å². The van der Waals surface area contributed by atoms with Crippen LogP contribution in [0.25, 0.3) is 0 Å². The molecule has 0 heterocycles. The van der Waals surface area contributed by atoms with Crippen LogP contribution in [0.15, 0.2) is 35.2 Å². The molecule has 0 aliphatic carbocycles. The van der Waals surface area contributed by atoms with Crippen LogP contribution < -0.4 is 4.74 Å². The molecule has 0 amide bonds.